The Bertz CT molecular complexity index is 1610. The fourth-order valence-corrected chi connectivity index (χ4v) is 5.06. The molecule has 1 aromatic carbocycles. The second-order valence-electron chi connectivity index (χ2n) is 8.67. The van der Waals surface area contributed by atoms with Crippen LogP contribution in [0.15, 0.2) is 58.7 Å². The van der Waals surface area contributed by atoms with Gasteiger partial charge >= 0.3 is 0 Å². The fourth-order valence-electron chi connectivity index (χ4n) is 5.06. The van der Waals surface area contributed by atoms with Gasteiger partial charge in [0, 0.05) is 12.2 Å². The molecule has 9 heteroatoms. The summed E-state index contributed by atoms with van der Waals surface area (Å²) in [5.41, 5.74) is 2.40. The number of aryl methyl sites for hydroxylation is 1. The third-order valence-corrected chi connectivity index (χ3v) is 6.61. The molecule has 0 radical (unpaired) electrons. The van der Waals surface area contributed by atoms with Crippen LogP contribution >= 0.6 is 0 Å². The van der Waals surface area contributed by atoms with Crippen molar-refractivity contribution in [2.45, 2.75) is 38.6 Å². The van der Waals surface area contributed by atoms with Crippen molar-refractivity contribution in [2.24, 2.45) is 0 Å². The van der Waals surface area contributed by atoms with Gasteiger partial charge in [-0.15, -0.1) is 0 Å². The Kier molecular flexibility index (Phi) is 4.83. The van der Waals surface area contributed by atoms with Gasteiger partial charge in [0.2, 0.25) is 0 Å². The maximum atomic E-state index is 13.9. The van der Waals surface area contributed by atoms with Gasteiger partial charge in [-0.3, -0.25) is 14.2 Å². The monoisotopic (exact) mass is 453 g/mol. The molecule has 0 saturated carbocycles. The summed E-state index contributed by atoms with van der Waals surface area (Å²) in [6.45, 7) is 2.62. The number of benzene rings is 1. The molecule has 3 aromatic heterocycles. The molecule has 170 valence electrons. The van der Waals surface area contributed by atoms with Gasteiger partial charge in [0.25, 0.3) is 11.1 Å². The molecule has 1 saturated heterocycles. The van der Waals surface area contributed by atoms with E-state index in [1.165, 1.54) is 12.7 Å². The second kappa shape index (κ2) is 8.02. The molecule has 6 rings (SSSR count). The first-order valence-corrected chi connectivity index (χ1v) is 11.5. The predicted molar refractivity (Wildman–Crippen MR) is 131 cm³/mol. The smallest absolute Gasteiger partial charge is 0.285 e. The quantitative estimate of drug-likeness (QED) is 0.507. The highest BCUT2D eigenvalue weighted by Gasteiger charge is 2.34. The first-order chi connectivity index (χ1) is 16.6. The molecule has 1 atom stereocenters. The van der Waals surface area contributed by atoms with E-state index in [2.05, 4.69) is 37.0 Å². The number of allylic oxidation sites excluding steroid dienone is 4. The van der Waals surface area contributed by atoms with Crippen LogP contribution < -0.4 is 16.0 Å². The van der Waals surface area contributed by atoms with Crippen molar-refractivity contribution in [1.29, 1.82) is 0 Å². The lowest BCUT2D eigenvalue weighted by Crippen LogP contribution is -2.33. The number of H-pyrrole nitrogens is 1. The molecule has 1 N–H and O–H groups in total. The van der Waals surface area contributed by atoms with E-state index >= 15 is 0 Å². The Labute approximate surface area is 194 Å². The lowest BCUT2D eigenvalue weighted by Gasteiger charge is -2.28. The Morgan fingerprint density at radius 1 is 1.09 bits per heavy atom. The van der Waals surface area contributed by atoms with E-state index in [0.717, 1.165) is 36.9 Å². The summed E-state index contributed by atoms with van der Waals surface area (Å²) in [6.07, 6.45) is 12.4. The van der Waals surface area contributed by atoms with Crippen LogP contribution in [-0.4, -0.2) is 36.0 Å². The van der Waals surface area contributed by atoms with E-state index in [0.29, 0.717) is 40.1 Å². The number of aromatic amines is 1. The number of nitrogens with zero attached hydrogens (tertiary/aromatic N) is 6. The Balaban J connectivity index is 1.61. The molecule has 0 bridgehead atoms. The highest BCUT2D eigenvalue weighted by molar-refractivity contribution is 5.86. The Morgan fingerprint density at radius 3 is 2.85 bits per heavy atom. The van der Waals surface area contributed by atoms with Crippen molar-refractivity contribution < 1.29 is 0 Å². The minimum Gasteiger partial charge on any atom is -0.346 e. The van der Waals surface area contributed by atoms with Crippen LogP contribution in [0.1, 0.15) is 43.1 Å². The SMILES string of the molecule is Cc1cccc2nc([C@@H]3CCCN3c3ncnc4[nH]cnc(=O)c34)n(C3=CCCC=C3)c(=O)c12. The van der Waals surface area contributed by atoms with Gasteiger partial charge in [-0.1, -0.05) is 24.3 Å². The highest BCUT2D eigenvalue weighted by Crippen LogP contribution is 2.37. The topological polar surface area (TPSA) is 110 Å². The van der Waals surface area contributed by atoms with Crippen molar-refractivity contribution in [2.75, 3.05) is 11.4 Å². The van der Waals surface area contributed by atoms with E-state index in [1.54, 1.807) is 4.57 Å². The van der Waals surface area contributed by atoms with Crippen LogP contribution in [0.4, 0.5) is 5.82 Å². The Morgan fingerprint density at radius 2 is 2.00 bits per heavy atom. The van der Waals surface area contributed by atoms with E-state index in [9.17, 15) is 9.59 Å². The summed E-state index contributed by atoms with van der Waals surface area (Å²) in [6, 6.07) is 5.52. The number of hydrogen-bond donors (Lipinski definition) is 1. The average Bonchev–Trinajstić information content (AvgIpc) is 3.34. The van der Waals surface area contributed by atoms with Crippen LogP contribution in [0.5, 0.6) is 0 Å². The molecule has 34 heavy (non-hydrogen) atoms. The molecule has 1 fully saturated rings. The first-order valence-electron chi connectivity index (χ1n) is 11.5. The van der Waals surface area contributed by atoms with Crippen LogP contribution in [0.3, 0.4) is 0 Å². The molecule has 1 aliphatic carbocycles. The van der Waals surface area contributed by atoms with Crippen LogP contribution in [-0.2, 0) is 0 Å². The van der Waals surface area contributed by atoms with Gasteiger partial charge < -0.3 is 9.88 Å². The van der Waals surface area contributed by atoms with Gasteiger partial charge in [-0.2, -0.15) is 4.98 Å². The lowest BCUT2D eigenvalue weighted by molar-refractivity contribution is 0.638. The summed E-state index contributed by atoms with van der Waals surface area (Å²) in [4.78, 5) is 49.1. The summed E-state index contributed by atoms with van der Waals surface area (Å²) in [7, 11) is 0. The molecule has 1 aliphatic heterocycles. The first kappa shape index (κ1) is 20.5. The third-order valence-electron chi connectivity index (χ3n) is 6.61. The van der Waals surface area contributed by atoms with Gasteiger partial charge in [-0.25, -0.2) is 15.0 Å². The zero-order chi connectivity index (χ0) is 23.2. The number of hydrogen-bond acceptors (Lipinski definition) is 7. The van der Waals surface area contributed by atoms with Crippen LogP contribution in [0, 0.1) is 6.92 Å². The summed E-state index contributed by atoms with van der Waals surface area (Å²) >= 11 is 0. The third kappa shape index (κ3) is 3.15. The number of anilines is 1. The molecule has 9 nitrogen and oxygen atoms in total. The predicted octanol–water partition coefficient (Wildman–Crippen LogP) is 3.26. The van der Waals surface area contributed by atoms with E-state index < -0.39 is 0 Å². The molecule has 0 unspecified atom stereocenters. The van der Waals surface area contributed by atoms with Gasteiger partial charge in [0.1, 0.15) is 29.0 Å². The zero-order valence-corrected chi connectivity index (χ0v) is 18.7. The molecule has 4 aromatic rings. The largest absolute Gasteiger partial charge is 0.346 e. The molecule has 0 spiro atoms. The molecule has 2 aliphatic rings. The number of aromatic nitrogens is 6. The van der Waals surface area contributed by atoms with Crippen molar-refractivity contribution >= 4 is 33.5 Å². The summed E-state index contributed by atoms with van der Waals surface area (Å²) in [5.74, 6) is 1.17. The number of nitrogens with one attached hydrogen (secondary N) is 1. The van der Waals surface area contributed by atoms with E-state index in [-0.39, 0.29) is 17.2 Å². The molecule has 0 amide bonds. The van der Waals surface area contributed by atoms with Gasteiger partial charge in [0.15, 0.2) is 0 Å². The molecule has 4 heterocycles. The fraction of sp³-hybridized carbons (Fsp3) is 0.280. The van der Waals surface area contributed by atoms with Crippen molar-refractivity contribution in [3.05, 3.63) is 81.2 Å². The maximum Gasteiger partial charge on any atom is 0.285 e. The summed E-state index contributed by atoms with van der Waals surface area (Å²) in [5, 5.41) is 0.975. The minimum atomic E-state index is -0.382. The molecular weight excluding hydrogens is 430 g/mol. The zero-order valence-electron chi connectivity index (χ0n) is 18.7. The van der Waals surface area contributed by atoms with E-state index in [1.807, 2.05) is 31.2 Å². The minimum absolute atomic E-state index is 0.0743. The molecular formula is C25H23N7O2. The van der Waals surface area contributed by atoms with Crippen molar-refractivity contribution in [1.82, 2.24) is 29.5 Å². The van der Waals surface area contributed by atoms with Crippen molar-refractivity contribution in [3.8, 4) is 0 Å². The van der Waals surface area contributed by atoms with Gasteiger partial charge in [-0.05, 0) is 50.3 Å². The average molecular weight is 454 g/mol. The second-order valence-corrected chi connectivity index (χ2v) is 8.67. The number of fused-ring (bicyclic) bond motifs is 2. The normalized spacial score (nSPS) is 18.1. The highest BCUT2D eigenvalue weighted by atomic mass is 16.1. The van der Waals surface area contributed by atoms with E-state index in [4.69, 9.17) is 4.98 Å². The van der Waals surface area contributed by atoms with Crippen molar-refractivity contribution in [3.63, 3.8) is 0 Å². The van der Waals surface area contributed by atoms with Crippen LogP contribution in [0.2, 0.25) is 0 Å². The Hall–Kier alpha value is -4.14. The standard InChI is InChI=1S/C25H23N7O2/c1-15-7-5-10-17-19(15)25(34)32(16-8-3-2-4-9-16)22(30-17)18-11-6-12-31(18)23-20-21(26-13-28-23)27-14-29-24(20)33/h3,5,7-10,13-14,18H,2,4,6,11-12H2,1H3,(H,26,27,28,29,33)/t18-/m0/s1. The van der Waals surface area contributed by atoms with Gasteiger partial charge in [0.05, 0.1) is 23.3 Å². The van der Waals surface area contributed by atoms with Crippen LogP contribution in [0.25, 0.3) is 27.6 Å². The maximum absolute atomic E-state index is 13.9. The number of rotatable bonds is 3. The lowest BCUT2D eigenvalue weighted by atomic mass is 10.1. The summed E-state index contributed by atoms with van der Waals surface area (Å²) < 4.78 is 1.75.